The number of aryl methyl sites for hydroxylation is 1. The van der Waals surface area contributed by atoms with Gasteiger partial charge in [0.15, 0.2) is 0 Å². The van der Waals surface area contributed by atoms with Crippen LogP contribution in [0.2, 0.25) is 0 Å². The molecule has 1 aromatic rings. The van der Waals surface area contributed by atoms with Crippen LogP contribution in [0.3, 0.4) is 0 Å². The van der Waals surface area contributed by atoms with Crippen molar-refractivity contribution in [1.29, 1.82) is 0 Å². The van der Waals surface area contributed by atoms with Crippen molar-refractivity contribution in [3.63, 3.8) is 0 Å². The number of rotatable bonds is 4. The zero-order valence-corrected chi connectivity index (χ0v) is 14.7. The highest BCUT2D eigenvalue weighted by Gasteiger charge is 2.58. The van der Waals surface area contributed by atoms with Crippen molar-refractivity contribution in [3.8, 4) is 0 Å². The Morgan fingerprint density at radius 2 is 1.83 bits per heavy atom. The second-order valence-electron chi connectivity index (χ2n) is 8.16. The summed E-state index contributed by atoms with van der Waals surface area (Å²) in [4.78, 5) is 15.0. The summed E-state index contributed by atoms with van der Waals surface area (Å²) >= 11 is 0. The van der Waals surface area contributed by atoms with Crippen LogP contribution in [0.1, 0.15) is 44.1 Å². The zero-order chi connectivity index (χ0) is 16.4. The van der Waals surface area contributed by atoms with Crippen LogP contribution in [-0.2, 0) is 11.2 Å². The van der Waals surface area contributed by atoms with Gasteiger partial charge in [-0.15, -0.1) is 0 Å². The maximum absolute atomic E-state index is 12.8. The molecule has 1 aliphatic carbocycles. The molecule has 1 unspecified atom stereocenters. The fourth-order valence-electron chi connectivity index (χ4n) is 4.85. The van der Waals surface area contributed by atoms with Gasteiger partial charge in [-0.2, -0.15) is 0 Å². The summed E-state index contributed by atoms with van der Waals surface area (Å²) in [5.41, 5.74) is 1.83. The van der Waals surface area contributed by atoms with Crippen LogP contribution in [0.15, 0.2) is 30.3 Å². The third kappa shape index (κ3) is 3.37. The lowest BCUT2D eigenvalue weighted by molar-refractivity contribution is -0.135. The van der Waals surface area contributed by atoms with E-state index >= 15 is 0 Å². The van der Waals surface area contributed by atoms with E-state index in [-0.39, 0.29) is 0 Å². The summed E-state index contributed by atoms with van der Waals surface area (Å²) in [5.74, 6) is 1.61. The number of piperidine rings is 2. The highest BCUT2D eigenvalue weighted by Crippen LogP contribution is 2.59. The Kier molecular flexibility index (Phi) is 4.62. The molecule has 1 amide bonds. The molecule has 1 atom stereocenters. The van der Waals surface area contributed by atoms with Crippen LogP contribution in [0, 0.1) is 17.3 Å². The van der Waals surface area contributed by atoms with Gasteiger partial charge in [0.1, 0.15) is 0 Å². The van der Waals surface area contributed by atoms with Gasteiger partial charge in [0.25, 0.3) is 0 Å². The lowest BCUT2D eigenvalue weighted by Crippen LogP contribution is -2.41. The Hall–Kier alpha value is -1.35. The second-order valence-corrected chi connectivity index (χ2v) is 8.16. The van der Waals surface area contributed by atoms with Crippen LogP contribution in [0.25, 0.3) is 0 Å². The van der Waals surface area contributed by atoms with E-state index in [4.69, 9.17) is 0 Å². The van der Waals surface area contributed by atoms with Crippen molar-refractivity contribution in [2.24, 2.45) is 17.3 Å². The summed E-state index contributed by atoms with van der Waals surface area (Å²) in [5, 5.41) is 3.43. The Labute approximate surface area is 145 Å². The molecule has 0 radical (unpaired) electrons. The van der Waals surface area contributed by atoms with Crippen LogP contribution < -0.4 is 5.32 Å². The molecule has 1 saturated carbocycles. The minimum Gasteiger partial charge on any atom is -0.342 e. The molecule has 24 heavy (non-hydrogen) atoms. The van der Waals surface area contributed by atoms with Crippen LogP contribution in [0.4, 0.5) is 0 Å². The van der Waals surface area contributed by atoms with Gasteiger partial charge >= 0.3 is 0 Å². The number of nitrogens with zero attached hydrogens (tertiary/aromatic N) is 1. The van der Waals surface area contributed by atoms with Gasteiger partial charge in [-0.3, -0.25) is 4.79 Å². The molecule has 3 nitrogen and oxygen atoms in total. The summed E-state index contributed by atoms with van der Waals surface area (Å²) in [7, 11) is 0. The van der Waals surface area contributed by atoms with Crippen LogP contribution in [0.5, 0.6) is 0 Å². The molecule has 3 heteroatoms. The minimum atomic E-state index is 0.348. The van der Waals surface area contributed by atoms with Crippen molar-refractivity contribution in [3.05, 3.63) is 35.9 Å². The molecule has 1 spiro atoms. The summed E-state index contributed by atoms with van der Waals surface area (Å²) < 4.78 is 0. The number of hydrogen-bond donors (Lipinski definition) is 1. The van der Waals surface area contributed by atoms with E-state index in [1.807, 2.05) is 0 Å². The van der Waals surface area contributed by atoms with Crippen molar-refractivity contribution >= 4 is 5.91 Å². The lowest BCUT2D eigenvalue weighted by atomic mass is 9.89. The first kappa shape index (κ1) is 16.1. The topological polar surface area (TPSA) is 32.3 Å². The smallest absolute Gasteiger partial charge is 0.226 e. The highest BCUT2D eigenvalue weighted by atomic mass is 16.2. The number of carbonyl (C=O) groups is 1. The summed E-state index contributed by atoms with van der Waals surface area (Å²) in [6.45, 7) is 4.18. The monoisotopic (exact) mass is 326 g/mol. The Morgan fingerprint density at radius 1 is 1.12 bits per heavy atom. The van der Waals surface area contributed by atoms with Crippen LogP contribution in [-0.4, -0.2) is 37.0 Å². The average Bonchev–Trinajstić information content (AvgIpc) is 3.34. The van der Waals surface area contributed by atoms with Gasteiger partial charge in [0.2, 0.25) is 5.91 Å². The Balaban J connectivity index is 1.22. The molecule has 2 saturated heterocycles. The highest BCUT2D eigenvalue weighted by molar-refractivity contribution is 5.82. The molecular formula is C21H30N2O. The largest absolute Gasteiger partial charge is 0.342 e. The van der Waals surface area contributed by atoms with E-state index in [2.05, 4.69) is 40.5 Å². The second kappa shape index (κ2) is 6.87. The van der Waals surface area contributed by atoms with Crippen molar-refractivity contribution in [1.82, 2.24) is 10.2 Å². The average molecular weight is 326 g/mol. The first-order valence-electron chi connectivity index (χ1n) is 9.80. The maximum Gasteiger partial charge on any atom is 0.226 e. The fourth-order valence-corrected chi connectivity index (χ4v) is 4.85. The number of nitrogens with one attached hydrogen (secondary N) is 1. The van der Waals surface area contributed by atoms with Gasteiger partial charge in [0.05, 0.1) is 0 Å². The molecule has 0 aromatic heterocycles. The van der Waals surface area contributed by atoms with Crippen molar-refractivity contribution < 1.29 is 4.79 Å². The molecule has 1 N–H and O–H groups in total. The predicted octanol–water partition coefficient (Wildman–Crippen LogP) is 3.25. The molecule has 0 bridgehead atoms. The first-order valence-corrected chi connectivity index (χ1v) is 9.80. The summed E-state index contributed by atoms with van der Waals surface area (Å²) in [6.07, 6.45) is 8.40. The Bertz CT molecular complexity index is 556. The third-order valence-corrected chi connectivity index (χ3v) is 6.70. The standard InChI is InChI=1S/C21H30N2O/c24-20(19-16-21(19)10-12-22-13-11-21)23-14-8-18(9-15-23)7-6-17-4-2-1-3-5-17/h1-5,18-19,22H,6-16H2. The molecule has 3 aliphatic rings. The van der Waals surface area contributed by atoms with E-state index in [0.29, 0.717) is 17.2 Å². The first-order chi connectivity index (χ1) is 11.8. The fraction of sp³-hybridized carbons (Fsp3) is 0.667. The molecule has 2 heterocycles. The molecular weight excluding hydrogens is 296 g/mol. The molecule has 130 valence electrons. The van der Waals surface area contributed by atoms with E-state index in [9.17, 15) is 4.79 Å². The van der Waals surface area contributed by atoms with Crippen LogP contribution >= 0.6 is 0 Å². The Morgan fingerprint density at radius 3 is 2.54 bits per heavy atom. The SMILES string of the molecule is O=C(C1CC12CCNCC2)N1CCC(CCc2ccccc2)CC1. The van der Waals surface area contributed by atoms with Gasteiger partial charge in [-0.25, -0.2) is 0 Å². The normalized spacial score (nSPS) is 26.5. The molecule has 3 fully saturated rings. The van der Waals surface area contributed by atoms with Gasteiger partial charge in [-0.05, 0) is 74.9 Å². The van der Waals surface area contributed by atoms with E-state index < -0.39 is 0 Å². The minimum absolute atomic E-state index is 0.348. The van der Waals surface area contributed by atoms with E-state index in [1.165, 1.54) is 44.1 Å². The van der Waals surface area contributed by atoms with E-state index in [0.717, 1.165) is 38.5 Å². The zero-order valence-electron chi connectivity index (χ0n) is 14.7. The predicted molar refractivity (Wildman–Crippen MR) is 96.7 cm³/mol. The lowest BCUT2D eigenvalue weighted by Gasteiger charge is -2.33. The summed E-state index contributed by atoms with van der Waals surface area (Å²) in [6, 6.07) is 10.8. The number of hydrogen-bond acceptors (Lipinski definition) is 2. The number of likely N-dealkylation sites (tertiary alicyclic amines) is 1. The van der Waals surface area contributed by atoms with E-state index in [1.54, 1.807) is 0 Å². The van der Waals surface area contributed by atoms with Gasteiger partial charge in [-0.1, -0.05) is 30.3 Å². The van der Waals surface area contributed by atoms with Crippen molar-refractivity contribution in [2.45, 2.75) is 44.9 Å². The molecule has 1 aromatic carbocycles. The quantitative estimate of drug-likeness (QED) is 0.921. The molecule has 4 rings (SSSR count). The van der Waals surface area contributed by atoms with Gasteiger partial charge in [0, 0.05) is 19.0 Å². The number of amides is 1. The maximum atomic E-state index is 12.8. The molecule has 2 aliphatic heterocycles. The van der Waals surface area contributed by atoms with Crippen molar-refractivity contribution in [2.75, 3.05) is 26.2 Å². The number of carbonyl (C=O) groups excluding carboxylic acids is 1. The third-order valence-electron chi connectivity index (χ3n) is 6.70. The van der Waals surface area contributed by atoms with Gasteiger partial charge < -0.3 is 10.2 Å². The number of benzene rings is 1.